The summed E-state index contributed by atoms with van der Waals surface area (Å²) in [5.74, 6) is 0.643. The van der Waals surface area contributed by atoms with Gasteiger partial charge in [0, 0.05) is 43.0 Å². The second kappa shape index (κ2) is 9.00. The standard InChI is InChI=1S/C26H22N6O/c1-32(17-20-6-2-4-11-27-20)26(33)24-16-19-14-18(8-9-21(19)30-24)15-25-29-13-10-23(31-25)22-7-3-5-12-28-22/h2-14,16,30H,15,17H2,1H3. The highest BCUT2D eigenvalue weighted by atomic mass is 16.2. The van der Waals surface area contributed by atoms with Crippen LogP contribution in [0, 0.1) is 0 Å². The molecule has 33 heavy (non-hydrogen) atoms. The van der Waals surface area contributed by atoms with Gasteiger partial charge in [-0.3, -0.25) is 14.8 Å². The molecule has 0 fully saturated rings. The van der Waals surface area contributed by atoms with Crippen molar-refractivity contribution in [1.82, 2.24) is 29.8 Å². The van der Waals surface area contributed by atoms with Gasteiger partial charge >= 0.3 is 0 Å². The lowest BCUT2D eigenvalue weighted by Crippen LogP contribution is -2.26. The van der Waals surface area contributed by atoms with Crippen LogP contribution in [-0.4, -0.2) is 42.8 Å². The van der Waals surface area contributed by atoms with Gasteiger partial charge in [0.15, 0.2) is 0 Å². The van der Waals surface area contributed by atoms with Crippen LogP contribution in [0.4, 0.5) is 0 Å². The Balaban J connectivity index is 1.34. The molecule has 1 amide bonds. The van der Waals surface area contributed by atoms with Crippen LogP contribution in [-0.2, 0) is 13.0 Å². The zero-order valence-electron chi connectivity index (χ0n) is 18.1. The molecule has 0 radical (unpaired) electrons. The van der Waals surface area contributed by atoms with Gasteiger partial charge < -0.3 is 9.88 Å². The van der Waals surface area contributed by atoms with E-state index in [-0.39, 0.29) is 5.91 Å². The SMILES string of the molecule is CN(Cc1ccccn1)C(=O)c1cc2cc(Cc3nccc(-c4ccccn4)n3)ccc2[nH]1. The topological polar surface area (TPSA) is 87.7 Å². The Morgan fingerprint density at radius 2 is 1.73 bits per heavy atom. The molecule has 1 aromatic carbocycles. The first-order valence-corrected chi connectivity index (χ1v) is 10.7. The lowest BCUT2D eigenvalue weighted by atomic mass is 10.1. The van der Waals surface area contributed by atoms with Crippen molar-refractivity contribution < 1.29 is 4.79 Å². The summed E-state index contributed by atoms with van der Waals surface area (Å²) in [5, 5.41) is 0.975. The van der Waals surface area contributed by atoms with Crippen LogP contribution < -0.4 is 0 Å². The van der Waals surface area contributed by atoms with Crippen molar-refractivity contribution in [3.8, 4) is 11.4 Å². The summed E-state index contributed by atoms with van der Waals surface area (Å²) in [6.45, 7) is 0.449. The summed E-state index contributed by atoms with van der Waals surface area (Å²) in [6, 6.07) is 21.3. The van der Waals surface area contributed by atoms with E-state index in [0.29, 0.717) is 18.7 Å². The number of amides is 1. The van der Waals surface area contributed by atoms with Crippen molar-refractivity contribution in [3.63, 3.8) is 0 Å². The normalized spacial score (nSPS) is 10.9. The van der Waals surface area contributed by atoms with Gasteiger partial charge in [-0.05, 0) is 54.1 Å². The van der Waals surface area contributed by atoms with Crippen LogP contribution in [0.25, 0.3) is 22.3 Å². The van der Waals surface area contributed by atoms with E-state index in [9.17, 15) is 4.79 Å². The molecule has 1 N–H and O–H groups in total. The van der Waals surface area contributed by atoms with E-state index in [1.165, 1.54) is 0 Å². The molecule has 4 aromatic heterocycles. The van der Waals surface area contributed by atoms with Gasteiger partial charge in [-0.25, -0.2) is 9.97 Å². The van der Waals surface area contributed by atoms with Gasteiger partial charge in [0.25, 0.3) is 5.91 Å². The molecule has 0 bridgehead atoms. The number of carbonyl (C=O) groups is 1. The number of nitrogens with one attached hydrogen (secondary N) is 1. The molecule has 5 rings (SSSR count). The van der Waals surface area contributed by atoms with E-state index in [1.54, 1.807) is 30.5 Å². The van der Waals surface area contributed by atoms with Crippen LogP contribution >= 0.6 is 0 Å². The Morgan fingerprint density at radius 3 is 2.52 bits per heavy atom. The smallest absolute Gasteiger partial charge is 0.270 e. The fraction of sp³-hybridized carbons (Fsp3) is 0.115. The average molecular weight is 435 g/mol. The first-order valence-electron chi connectivity index (χ1n) is 10.7. The summed E-state index contributed by atoms with van der Waals surface area (Å²) in [5.41, 5.74) is 5.00. The van der Waals surface area contributed by atoms with Crippen molar-refractivity contribution in [2.45, 2.75) is 13.0 Å². The van der Waals surface area contributed by atoms with Gasteiger partial charge in [0.2, 0.25) is 0 Å². The van der Waals surface area contributed by atoms with Crippen LogP contribution in [0.5, 0.6) is 0 Å². The Morgan fingerprint density at radius 1 is 0.879 bits per heavy atom. The first kappa shape index (κ1) is 20.5. The number of carbonyl (C=O) groups excluding carboxylic acids is 1. The quantitative estimate of drug-likeness (QED) is 0.431. The Bertz CT molecular complexity index is 1400. The van der Waals surface area contributed by atoms with Gasteiger partial charge in [-0.2, -0.15) is 0 Å². The second-order valence-electron chi connectivity index (χ2n) is 7.84. The average Bonchev–Trinajstić information content (AvgIpc) is 3.28. The lowest BCUT2D eigenvalue weighted by Gasteiger charge is -2.15. The second-order valence-corrected chi connectivity index (χ2v) is 7.84. The number of aromatic amines is 1. The maximum Gasteiger partial charge on any atom is 0.270 e. The van der Waals surface area contributed by atoms with Crippen LogP contribution in [0.1, 0.15) is 27.6 Å². The third-order valence-electron chi connectivity index (χ3n) is 5.38. The third kappa shape index (κ3) is 4.62. The molecule has 0 aliphatic rings. The van der Waals surface area contributed by atoms with E-state index < -0.39 is 0 Å². The molecule has 0 aliphatic carbocycles. The summed E-state index contributed by atoms with van der Waals surface area (Å²) in [7, 11) is 1.78. The molecular weight excluding hydrogens is 412 g/mol. The summed E-state index contributed by atoms with van der Waals surface area (Å²) in [4.78, 5) is 35.5. The fourth-order valence-electron chi connectivity index (χ4n) is 3.74. The fourth-order valence-corrected chi connectivity index (χ4v) is 3.74. The highest BCUT2D eigenvalue weighted by Gasteiger charge is 2.15. The largest absolute Gasteiger partial charge is 0.351 e. The molecular formula is C26H22N6O. The summed E-state index contributed by atoms with van der Waals surface area (Å²) < 4.78 is 0. The highest BCUT2D eigenvalue weighted by Crippen LogP contribution is 2.21. The maximum atomic E-state index is 12.9. The molecule has 0 aliphatic heterocycles. The Kier molecular flexibility index (Phi) is 5.59. The van der Waals surface area contributed by atoms with E-state index in [0.717, 1.165) is 39.4 Å². The predicted molar refractivity (Wildman–Crippen MR) is 126 cm³/mol. The van der Waals surface area contributed by atoms with Crippen LogP contribution in [0.2, 0.25) is 0 Å². The van der Waals surface area contributed by atoms with Gasteiger partial charge in [0.1, 0.15) is 11.5 Å². The van der Waals surface area contributed by atoms with E-state index in [1.807, 2.05) is 60.7 Å². The zero-order chi connectivity index (χ0) is 22.6. The highest BCUT2D eigenvalue weighted by molar-refractivity contribution is 5.98. The van der Waals surface area contributed by atoms with Crippen molar-refractivity contribution >= 4 is 16.8 Å². The monoisotopic (exact) mass is 434 g/mol. The molecule has 0 saturated carbocycles. The molecule has 162 valence electrons. The number of H-pyrrole nitrogens is 1. The van der Waals surface area contributed by atoms with Crippen molar-refractivity contribution in [2.75, 3.05) is 7.05 Å². The number of hydrogen-bond acceptors (Lipinski definition) is 5. The first-order chi connectivity index (χ1) is 16.2. The third-order valence-corrected chi connectivity index (χ3v) is 5.38. The van der Waals surface area contributed by atoms with Crippen LogP contribution in [0.15, 0.2) is 85.3 Å². The van der Waals surface area contributed by atoms with Gasteiger partial charge in [0.05, 0.1) is 23.6 Å². The molecule has 0 atom stereocenters. The summed E-state index contributed by atoms with van der Waals surface area (Å²) in [6.07, 6.45) is 5.83. The predicted octanol–water partition coefficient (Wildman–Crippen LogP) is 4.28. The van der Waals surface area contributed by atoms with E-state index >= 15 is 0 Å². The molecule has 7 heteroatoms. The van der Waals surface area contributed by atoms with Crippen LogP contribution in [0.3, 0.4) is 0 Å². The molecule has 0 unspecified atom stereocenters. The summed E-state index contributed by atoms with van der Waals surface area (Å²) >= 11 is 0. The minimum absolute atomic E-state index is 0.0789. The van der Waals surface area contributed by atoms with Gasteiger partial charge in [-0.1, -0.05) is 18.2 Å². The molecule has 7 nitrogen and oxygen atoms in total. The molecule has 4 heterocycles. The lowest BCUT2D eigenvalue weighted by molar-refractivity contribution is 0.0778. The zero-order valence-corrected chi connectivity index (χ0v) is 18.1. The number of rotatable bonds is 6. The number of pyridine rings is 2. The minimum atomic E-state index is -0.0789. The number of fused-ring (bicyclic) bond motifs is 1. The number of nitrogens with zero attached hydrogens (tertiary/aromatic N) is 5. The van der Waals surface area contributed by atoms with E-state index in [4.69, 9.17) is 0 Å². The minimum Gasteiger partial charge on any atom is -0.351 e. The van der Waals surface area contributed by atoms with Crippen molar-refractivity contribution in [3.05, 3.63) is 108 Å². The Labute approximate surface area is 191 Å². The van der Waals surface area contributed by atoms with Crippen molar-refractivity contribution in [1.29, 1.82) is 0 Å². The number of aromatic nitrogens is 5. The Hall–Kier alpha value is -4.39. The number of hydrogen-bond donors (Lipinski definition) is 1. The molecule has 5 aromatic rings. The maximum absolute atomic E-state index is 12.9. The van der Waals surface area contributed by atoms with Crippen molar-refractivity contribution in [2.24, 2.45) is 0 Å². The number of benzene rings is 1. The molecule has 0 spiro atoms. The molecule has 0 saturated heterocycles. The van der Waals surface area contributed by atoms with E-state index in [2.05, 4.69) is 31.0 Å². The van der Waals surface area contributed by atoms with Gasteiger partial charge in [-0.15, -0.1) is 0 Å².